The number of hydrogen-bond acceptors (Lipinski definition) is 2. The molecule has 1 rings (SSSR count). The molecule has 0 bridgehead atoms. The molecule has 0 aliphatic carbocycles. The Balaban J connectivity index is 3.34. The van der Waals surface area contributed by atoms with Crippen LogP contribution in [0, 0.1) is 6.92 Å². The van der Waals surface area contributed by atoms with Crippen LogP contribution in [0.25, 0.3) is 0 Å². The highest BCUT2D eigenvalue weighted by atomic mass is 16.5. The Bertz CT molecular complexity index is 380. The van der Waals surface area contributed by atoms with Gasteiger partial charge in [-0.05, 0) is 26.8 Å². The van der Waals surface area contributed by atoms with E-state index in [-0.39, 0.29) is 0 Å². The molecule has 0 unspecified atom stereocenters. The largest absolute Gasteiger partial charge is 0.496 e. The van der Waals surface area contributed by atoms with E-state index in [9.17, 15) is 4.79 Å². The number of benzene rings is 1. The smallest absolute Gasteiger partial charge is 0.313 e. The molecule has 0 radical (unpaired) electrons. The first-order valence-electron chi connectivity index (χ1n) is 4.78. The fraction of sp³-hybridized carbons (Fsp3) is 0.417. The quantitative estimate of drug-likeness (QED) is 0.829. The predicted molar refractivity (Wildman–Crippen MR) is 58.4 cm³/mol. The number of hydrogen-bond donors (Lipinski definition) is 1. The zero-order chi connectivity index (χ0) is 11.6. The monoisotopic (exact) mass is 208 g/mol. The van der Waals surface area contributed by atoms with Crippen LogP contribution in [0.1, 0.15) is 25.0 Å². The van der Waals surface area contributed by atoms with Crippen molar-refractivity contribution in [2.24, 2.45) is 0 Å². The van der Waals surface area contributed by atoms with Crippen molar-refractivity contribution in [3.8, 4) is 5.75 Å². The molecule has 0 aromatic heterocycles. The van der Waals surface area contributed by atoms with Gasteiger partial charge in [-0.3, -0.25) is 4.79 Å². The minimum absolute atomic E-state index is 0.619. The van der Waals surface area contributed by atoms with E-state index in [1.807, 2.05) is 19.1 Å². The molecule has 0 aliphatic heterocycles. The number of carbonyl (C=O) groups is 1. The summed E-state index contributed by atoms with van der Waals surface area (Å²) in [6, 6.07) is 5.56. The highest BCUT2D eigenvalue weighted by Crippen LogP contribution is 2.32. The summed E-state index contributed by atoms with van der Waals surface area (Å²) in [4.78, 5) is 11.1. The van der Waals surface area contributed by atoms with Crippen molar-refractivity contribution >= 4 is 5.97 Å². The highest BCUT2D eigenvalue weighted by molar-refractivity contribution is 5.81. The maximum Gasteiger partial charge on any atom is 0.313 e. The normalized spacial score (nSPS) is 11.2. The molecular formula is C12H16O3. The van der Waals surface area contributed by atoms with Gasteiger partial charge in [-0.15, -0.1) is 0 Å². The standard InChI is InChI=1S/C12H16O3/c1-8-5-6-10(15-4)9(7-8)12(2,3)11(13)14/h5-7H,1-4H3,(H,13,14). The summed E-state index contributed by atoms with van der Waals surface area (Å²) in [5.74, 6) is -0.237. The second kappa shape index (κ2) is 3.93. The number of carboxylic acid groups (broad SMARTS) is 1. The summed E-state index contributed by atoms with van der Waals surface area (Å²) >= 11 is 0. The number of carboxylic acids is 1. The summed E-state index contributed by atoms with van der Waals surface area (Å²) in [5.41, 5.74) is 0.801. The second-order valence-electron chi connectivity index (χ2n) is 4.13. The van der Waals surface area contributed by atoms with Gasteiger partial charge in [0, 0.05) is 5.56 Å². The Labute approximate surface area is 89.7 Å². The van der Waals surface area contributed by atoms with Crippen molar-refractivity contribution in [2.75, 3.05) is 7.11 Å². The third-order valence-corrected chi connectivity index (χ3v) is 2.56. The van der Waals surface area contributed by atoms with Crippen LogP contribution in [0.2, 0.25) is 0 Å². The highest BCUT2D eigenvalue weighted by Gasteiger charge is 2.32. The molecular weight excluding hydrogens is 192 g/mol. The van der Waals surface area contributed by atoms with E-state index in [4.69, 9.17) is 9.84 Å². The van der Waals surface area contributed by atoms with Crippen LogP contribution in [0.5, 0.6) is 5.75 Å². The molecule has 0 amide bonds. The first-order chi connectivity index (χ1) is 6.89. The van der Waals surface area contributed by atoms with Crippen molar-refractivity contribution in [3.05, 3.63) is 29.3 Å². The molecule has 0 spiro atoms. The lowest BCUT2D eigenvalue weighted by Gasteiger charge is -2.22. The van der Waals surface area contributed by atoms with Crippen LogP contribution in [0.15, 0.2) is 18.2 Å². The number of aliphatic carboxylic acids is 1. The minimum atomic E-state index is -0.933. The van der Waals surface area contributed by atoms with Gasteiger partial charge in [-0.25, -0.2) is 0 Å². The molecule has 82 valence electrons. The third-order valence-electron chi connectivity index (χ3n) is 2.56. The van der Waals surface area contributed by atoms with Gasteiger partial charge < -0.3 is 9.84 Å². The Morgan fingerprint density at radius 2 is 2.00 bits per heavy atom. The first-order valence-corrected chi connectivity index (χ1v) is 4.78. The van der Waals surface area contributed by atoms with Crippen molar-refractivity contribution < 1.29 is 14.6 Å². The average Bonchev–Trinajstić information content (AvgIpc) is 2.17. The number of ether oxygens (including phenoxy) is 1. The maximum absolute atomic E-state index is 11.1. The molecule has 15 heavy (non-hydrogen) atoms. The fourth-order valence-corrected chi connectivity index (χ4v) is 1.43. The number of aryl methyl sites for hydroxylation is 1. The third kappa shape index (κ3) is 2.12. The summed E-state index contributed by atoms with van der Waals surface area (Å²) in [6.45, 7) is 5.28. The average molecular weight is 208 g/mol. The topological polar surface area (TPSA) is 46.5 Å². The molecule has 0 atom stereocenters. The van der Waals surface area contributed by atoms with Crippen LogP contribution in [-0.2, 0) is 10.2 Å². The lowest BCUT2D eigenvalue weighted by molar-refractivity contribution is -0.142. The van der Waals surface area contributed by atoms with E-state index >= 15 is 0 Å². The molecule has 0 fully saturated rings. The fourth-order valence-electron chi connectivity index (χ4n) is 1.43. The van der Waals surface area contributed by atoms with Gasteiger partial charge in [-0.1, -0.05) is 17.7 Å². The van der Waals surface area contributed by atoms with Crippen LogP contribution >= 0.6 is 0 Å². The van der Waals surface area contributed by atoms with Crippen LogP contribution in [-0.4, -0.2) is 18.2 Å². The van der Waals surface area contributed by atoms with E-state index < -0.39 is 11.4 Å². The summed E-state index contributed by atoms with van der Waals surface area (Å²) in [7, 11) is 1.55. The minimum Gasteiger partial charge on any atom is -0.496 e. The van der Waals surface area contributed by atoms with Crippen molar-refractivity contribution in [1.82, 2.24) is 0 Å². The van der Waals surface area contributed by atoms with Gasteiger partial charge in [0.15, 0.2) is 0 Å². The first kappa shape index (κ1) is 11.6. The van der Waals surface area contributed by atoms with Gasteiger partial charge in [-0.2, -0.15) is 0 Å². The lowest BCUT2D eigenvalue weighted by atomic mass is 9.83. The summed E-state index contributed by atoms with van der Waals surface area (Å²) < 4.78 is 5.17. The van der Waals surface area contributed by atoms with Gasteiger partial charge in [0.2, 0.25) is 0 Å². The molecule has 1 aromatic carbocycles. The Hall–Kier alpha value is -1.51. The molecule has 0 saturated heterocycles. The predicted octanol–water partition coefficient (Wildman–Crippen LogP) is 2.37. The molecule has 1 N–H and O–H groups in total. The van der Waals surface area contributed by atoms with E-state index in [1.54, 1.807) is 27.0 Å². The Morgan fingerprint density at radius 3 is 2.47 bits per heavy atom. The van der Waals surface area contributed by atoms with Gasteiger partial charge >= 0.3 is 5.97 Å². The Kier molecular flexibility index (Phi) is 3.03. The zero-order valence-corrected chi connectivity index (χ0v) is 9.50. The van der Waals surface area contributed by atoms with Crippen LogP contribution in [0.3, 0.4) is 0 Å². The molecule has 3 heteroatoms. The van der Waals surface area contributed by atoms with Crippen molar-refractivity contribution in [2.45, 2.75) is 26.2 Å². The second-order valence-corrected chi connectivity index (χ2v) is 4.13. The number of rotatable bonds is 3. The van der Waals surface area contributed by atoms with E-state index in [0.29, 0.717) is 11.3 Å². The van der Waals surface area contributed by atoms with Crippen LogP contribution in [0.4, 0.5) is 0 Å². The van der Waals surface area contributed by atoms with Crippen molar-refractivity contribution in [1.29, 1.82) is 0 Å². The molecule has 0 heterocycles. The Morgan fingerprint density at radius 1 is 1.40 bits per heavy atom. The molecule has 3 nitrogen and oxygen atoms in total. The van der Waals surface area contributed by atoms with Gasteiger partial charge in [0.25, 0.3) is 0 Å². The molecule has 1 aromatic rings. The van der Waals surface area contributed by atoms with Gasteiger partial charge in [0.05, 0.1) is 12.5 Å². The van der Waals surface area contributed by atoms with Gasteiger partial charge in [0.1, 0.15) is 5.75 Å². The van der Waals surface area contributed by atoms with E-state index in [2.05, 4.69) is 0 Å². The van der Waals surface area contributed by atoms with E-state index in [1.165, 1.54) is 0 Å². The van der Waals surface area contributed by atoms with Crippen molar-refractivity contribution in [3.63, 3.8) is 0 Å². The SMILES string of the molecule is COc1ccc(C)cc1C(C)(C)C(=O)O. The summed E-state index contributed by atoms with van der Waals surface area (Å²) in [6.07, 6.45) is 0. The summed E-state index contributed by atoms with van der Waals surface area (Å²) in [5, 5.41) is 9.15. The van der Waals surface area contributed by atoms with E-state index in [0.717, 1.165) is 5.56 Å². The van der Waals surface area contributed by atoms with Crippen LogP contribution < -0.4 is 4.74 Å². The molecule has 0 saturated carbocycles. The number of methoxy groups -OCH3 is 1. The zero-order valence-electron chi connectivity index (χ0n) is 9.50. The lowest BCUT2D eigenvalue weighted by Crippen LogP contribution is -2.29. The maximum atomic E-state index is 11.1. The molecule has 0 aliphatic rings.